The third-order valence-corrected chi connectivity index (χ3v) is 7.57. The summed E-state index contributed by atoms with van der Waals surface area (Å²) >= 11 is 0. The Bertz CT molecular complexity index is 701. The highest BCUT2D eigenvalue weighted by Crippen LogP contribution is 2.35. The third kappa shape index (κ3) is 5.83. The van der Waals surface area contributed by atoms with Crippen LogP contribution in [0.3, 0.4) is 0 Å². The molecule has 6 nitrogen and oxygen atoms in total. The lowest BCUT2D eigenvalue weighted by molar-refractivity contribution is 0.00361. The van der Waals surface area contributed by atoms with Crippen molar-refractivity contribution in [1.82, 2.24) is 15.1 Å². The Morgan fingerprint density at radius 2 is 1.88 bits per heavy atom. The van der Waals surface area contributed by atoms with E-state index >= 15 is 0 Å². The standard InChI is InChI=1S/C26H42N4O2/c1-3-21-19-30(12-10-24(21)22-8-6-5-7-9-22)26(27-4-2)28-18-25(23-11-15-32-20-23)29-13-16-31-17-14-29/h5-9,21,23-25H,3-4,10-20H2,1-2H3,(H,27,28). The van der Waals surface area contributed by atoms with E-state index in [1.54, 1.807) is 0 Å². The Morgan fingerprint density at radius 1 is 1.06 bits per heavy atom. The van der Waals surface area contributed by atoms with Gasteiger partial charge in [-0.05, 0) is 37.2 Å². The molecular formula is C26H42N4O2. The van der Waals surface area contributed by atoms with E-state index in [1.807, 2.05) is 0 Å². The molecule has 3 aliphatic heterocycles. The molecule has 6 heteroatoms. The van der Waals surface area contributed by atoms with Gasteiger partial charge in [0, 0.05) is 51.3 Å². The van der Waals surface area contributed by atoms with Gasteiger partial charge in [-0.25, -0.2) is 0 Å². The molecule has 4 unspecified atom stereocenters. The first kappa shape index (κ1) is 23.5. The fourth-order valence-electron chi connectivity index (χ4n) is 5.71. The molecule has 3 heterocycles. The largest absolute Gasteiger partial charge is 0.381 e. The number of piperidine rings is 1. The highest BCUT2D eigenvalue weighted by molar-refractivity contribution is 5.80. The van der Waals surface area contributed by atoms with Crippen LogP contribution in [0, 0.1) is 11.8 Å². The monoisotopic (exact) mass is 442 g/mol. The van der Waals surface area contributed by atoms with Crippen molar-refractivity contribution in [2.24, 2.45) is 16.8 Å². The van der Waals surface area contributed by atoms with Gasteiger partial charge in [-0.3, -0.25) is 9.89 Å². The quantitative estimate of drug-likeness (QED) is 0.519. The van der Waals surface area contributed by atoms with Crippen LogP contribution in [-0.2, 0) is 9.47 Å². The number of likely N-dealkylation sites (tertiary alicyclic amines) is 1. The fraction of sp³-hybridized carbons (Fsp3) is 0.731. The Balaban J connectivity index is 1.45. The summed E-state index contributed by atoms with van der Waals surface area (Å²) in [5.74, 6) is 2.98. The maximum atomic E-state index is 5.75. The van der Waals surface area contributed by atoms with E-state index in [9.17, 15) is 0 Å². The molecular weight excluding hydrogens is 400 g/mol. The number of nitrogens with zero attached hydrogens (tertiary/aromatic N) is 3. The molecule has 1 aromatic rings. The molecule has 0 amide bonds. The van der Waals surface area contributed by atoms with Gasteiger partial charge in [0.15, 0.2) is 5.96 Å². The number of ether oxygens (including phenoxy) is 2. The second-order valence-electron chi connectivity index (χ2n) is 9.45. The maximum absolute atomic E-state index is 5.75. The Kier molecular flexibility index (Phi) is 8.83. The van der Waals surface area contributed by atoms with Crippen LogP contribution in [0.1, 0.15) is 44.6 Å². The van der Waals surface area contributed by atoms with Gasteiger partial charge in [0.2, 0.25) is 0 Å². The minimum absolute atomic E-state index is 0.443. The molecule has 32 heavy (non-hydrogen) atoms. The predicted molar refractivity (Wildman–Crippen MR) is 130 cm³/mol. The second kappa shape index (κ2) is 12.0. The van der Waals surface area contributed by atoms with Crippen LogP contribution in [-0.4, -0.2) is 87.5 Å². The van der Waals surface area contributed by atoms with E-state index in [2.05, 4.69) is 59.3 Å². The van der Waals surface area contributed by atoms with Crippen LogP contribution >= 0.6 is 0 Å². The van der Waals surface area contributed by atoms with Gasteiger partial charge >= 0.3 is 0 Å². The zero-order valence-corrected chi connectivity index (χ0v) is 20.0. The molecule has 0 aliphatic carbocycles. The van der Waals surface area contributed by atoms with Crippen LogP contribution in [0.2, 0.25) is 0 Å². The van der Waals surface area contributed by atoms with Gasteiger partial charge in [-0.15, -0.1) is 0 Å². The maximum Gasteiger partial charge on any atom is 0.193 e. The third-order valence-electron chi connectivity index (χ3n) is 7.57. The molecule has 0 bridgehead atoms. The summed E-state index contributed by atoms with van der Waals surface area (Å²) in [5, 5.41) is 3.60. The van der Waals surface area contributed by atoms with Crippen LogP contribution in [0.5, 0.6) is 0 Å². The second-order valence-corrected chi connectivity index (χ2v) is 9.45. The number of rotatable bonds is 7. The molecule has 0 aromatic heterocycles. The number of morpholine rings is 1. The van der Waals surface area contributed by atoms with Crippen molar-refractivity contribution in [2.45, 2.75) is 45.1 Å². The van der Waals surface area contributed by atoms with Gasteiger partial charge in [0.1, 0.15) is 0 Å². The lowest BCUT2D eigenvalue weighted by Gasteiger charge is -2.41. The highest BCUT2D eigenvalue weighted by atomic mass is 16.5. The van der Waals surface area contributed by atoms with Crippen LogP contribution in [0.15, 0.2) is 35.3 Å². The number of benzene rings is 1. The SMILES string of the molecule is CCNC(=NCC(C1CCOC1)N1CCOCC1)N1CCC(c2ccccc2)C(CC)C1. The smallest absolute Gasteiger partial charge is 0.193 e. The lowest BCUT2D eigenvalue weighted by atomic mass is 9.79. The minimum Gasteiger partial charge on any atom is -0.381 e. The summed E-state index contributed by atoms with van der Waals surface area (Å²) in [6, 6.07) is 11.5. The van der Waals surface area contributed by atoms with E-state index in [1.165, 1.54) is 18.4 Å². The van der Waals surface area contributed by atoms with Gasteiger partial charge < -0.3 is 19.7 Å². The Hall–Kier alpha value is -1.63. The molecule has 178 valence electrons. The first-order valence-corrected chi connectivity index (χ1v) is 12.8. The van der Waals surface area contributed by atoms with Crippen molar-refractivity contribution in [3.63, 3.8) is 0 Å². The first-order chi connectivity index (χ1) is 15.8. The van der Waals surface area contributed by atoms with Crippen LogP contribution in [0.4, 0.5) is 0 Å². The molecule has 0 spiro atoms. The van der Waals surface area contributed by atoms with Crippen molar-refractivity contribution in [2.75, 3.05) is 65.7 Å². The van der Waals surface area contributed by atoms with Gasteiger partial charge in [0.25, 0.3) is 0 Å². The predicted octanol–water partition coefficient (Wildman–Crippen LogP) is 3.20. The van der Waals surface area contributed by atoms with Gasteiger partial charge in [-0.1, -0.05) is 43.7 Å². The van der Waals surface area contributed by atoms with Gasteiger partial charge in [-0.2, -0.15) is 0 Å². The average Bonchev–Trinajstić information content (AvgIpc) is 3.39. The summed E-state index contributed by atoms with van der Waals surface area (Å²) in [7, 11) is 0. The van der Waals surface area contributed by atoms with E-state index in [4.69, 9.17) is 14.5 Å². The molecule has 0 saturated carbocycles. The summed E-state index contributed by atoms with van der Waals surface area (Å²) in [5.41, 5.74) is 1.49. The lowest BCUT2D eigenvalue weighted by Crippen LogP contribution is -2.51. The summed E-state index contributed by atoms with van der Waals surface area (Å²) in [4.78, 5) is 10.3. The van der Waals surface area contributed by atoms with E-state index < -0.39 is 0 Å². The molecule has 3 aliphatic rings. The Labute approximate surface area is 194 Å². The van der Waals surface area contributed by atoms with Crippen molar-refractivity contribution >= 4 is 5.96 Å². The zero-order valence-electron chi connectivity index (χ0n) is 20.0. The number of guanidine groups is 1. The van der Waals surface area contributed by atoms with Crippen molar-refractivity contribution in [3.05, 3.63) is 35.9 Å². The zero-order chi connectivity index (χ0) is 22.2. The first-order valence-electron chi connectivity index (χ1n) is 12.8. The summed E-state index contributed by atoms with van der Waals surface area (Å²) in [6.45, 7) is 13.8. The summed E-state index contributed by atoms with van der Waals surface area (Å²) < 4.78 is 11.4. The number of hydrogen-bond acceptors (Lipinski definition) is 4. The molecule has 3 fully saturated rings. The summed E-state index contributed by atoms with van der Waals surface area (Å²) in [6.07, 6.45) is 3.54. The number of hydrogen-bond donors (Lipinski definition) is 1. The van der Waals surface area contributed by atoms with Crippen LogP contribution in [0.25, 0.3) is 0 Å². The normalized spacial score (nSPS) is 28.6. The molecule has 4 atom stereocenters. The average molecular weight is 443 g/mol. The van der Waals surface area contributed by atoms with Crippen molar-refractivity contribution in [3.8, 4) is 0 Å². The molecule has 1 N–H and O–H groups in total. The topological polar surface area (TPSA) is 49.3 Å². The number of aliphatic imine (C=N–C) groups is 1. The molecule has 3 saturated heterocycles. The van der Waals surface area contributed by atoms with E-state index in [0.29, 0.717) is 23.8 Å². The Morgan fingerprint density at radius 3 is 2.56 bits per heavy atom. The van der Waals surface area contributed by atoms with Crippen molar-refractivity contribution < 1.29 is 9.47 Å². The molecule has 1 aromatic carbocycles. The molecule has 0 radical (unpaired) electrons. The molecule has 4 rings (SSSR count). The van der Waals surface area contributed by atoms with Crippen molar-refractivity contribution in [1.29, 1.82) is 0 Å². The van der Waals surface area contributed by atoms with Crippen LogP contribution < -0.4 is 5.32 Å². The van der Waals surface area contributed by atoms with E-state index in [-0.39, 0.29) is 0 Å². The van der Waals surface area contributed by atoms with Gasteiger partial charge in [0.05, 0.1) is 26.4 Å². The number of nitrogens with one attached hydrogen (secondary N) is 1. The van der Waals surface area contributed by atoms with E-state index in [0.717, 1.165) is 78.1 Å². The highest BCUT2D eigenvalue weighted by Gasteiger charge is 2.33. The minimum atomic E-state index is 0.443. The fourth-order valence-corrected chi connectivity index (χ4v) is 5.71.